The Balaban J connectivity index is 1.91. The largest absolute Gasteiger partial charge is 0.416 e. The summed E-state index contributed by atoms with van der Waals surface area (Å²) in [6, 6.07) is 7.07. The van der Waals surface area contributed by atoms with Crippen molar-refractivity contribution in [2.75, 3.05) is 11.9 Å². The molecule has 0 aliphatic heterocycles. The second-order valence-electron chi connectivity index (χ2n) is 4.97. The van der Waals surface area contributed by atoms with Crippen LogP contribution in [0.3, 0.4) is 0 Å². The Morgan fingerprint density at radius 2 is 2.04 bits per heavy atom. The Labute approximate surface area is 130 Å². The van der Waals surface area contributed by atoms with E-state index in [1.807, 2.05) is 0 Å². The molecule has 2 rings (SSSR count). The normalized spacial score (nSPS) is 12.7. The van der Waals surface area contributed by atoms with Crippen molar-refractivity contribution in [2.24, 2.45) is 7.05 Å². The molecule has 1 heterocycles. The zero-order valence-electron chi connectivity index (χ0n) is 12.3. The molecule has 0 aliphatic rings. The minimum atomic E-state index is -4.48. The molecule has 5 nitrogen and oxygen atoms in total. The van der Waals surface area contributed by atoms with Gasteiger partial charge in [-0.3, -0.25) is 0 Å². The summed E-state index contributed by atoms with van der Waals surface area (Å²) in [5, 5.41) is 14.7. The van der Waals surface area contributed by atoms with Crippen molar-refractivity contribution in [3.05, 3.63) is 53.9 Å². The van der Waals surface area contributed by atoms with Crippen LogP contribution in [0.1, 0.15) is 17.4 Å². The van der Waals surface area contributed by atoms with E-state index in [0.717, 1.165) is 12.1 Å². The fourth-order valence-corrected chi connectivity index (χ4v) is 2.06. The fraction of sp³-hybridized carbons (Fsp3) is 0.267. The third-order valence-electron chi connectivity index (χ3n) is 3.23. The highest BCUT2D eigenvalue weighted by molar-refractivity contribution is 5.89. The Hall–Kier alpha value is -2.48. The number of aryl methyl sites for hydroxylation is 1. The van der Waals surface area contributed by atoms with E-state index in [0.29, 0.717) is 5.69 Å². The quantitative estimate of drug-likeness (QED) is 0.808. The van der Waals surface area contributed by atoms with Crippen LogP contribution in [0.2, 0.25) is 0 Å². The predicted octanol–water partition coefficient (Wildman–Crippen LogP) is 2.90. The van der Waals surface area contributed by atoms with Gasteiger partial charge in [-0.2, -0.15) is 13.2 Å². The molecule has 124 valence electrons. The summed E-state index contributed by atoms with van der Waals surface area (Å²) in [5.41, 5.74) is -0.214. The number of hydrogen-bond acceptors (Lipinski definition) is 2. The highest BCUT2D eigenvalue weighted by Gasteiger charge is 2.30. The van der Waals surface area contributed by atoms with E-state index in [1.165, 1.54) is 12.1 Å². The lowest BCUT2D eigenvalue weighted by molar-refractivity contribution is -0.137. The molecule has 0 fully saturated rings. The van der Waals surface area contributed by atoms with Crippen LogP contribution in [-0.2, 0) is 13.2 Å². The second kappa shape index (κ2) is 6.74. The molecule has 0 radical (unpaired) electrons. The summed E-state index contributed by atoms with van der Waals surface area (Å²) >= 11 is 0. The van der Waals surface area contributed by atoms with Crippen LogP contribution in [0.5, 0.6) is 0 Å². The molecule has 0 aliphatic carbocycles. The molecule has 1 aromatic carbocycles. The number of nitrogens with one attached hydrogen (secondary N) is 2. The maximum atomic E-state index is 12.6. The number of rotatable bonds is 4. The molecule has 2 amide bonds. The first-order valence-electron chi connectivity index (χ1n) is 6.79. The van der Waals surface area contributed by atoms with E-state index in [2.05, 4.69) is 10.6 Å². The minimum Gasteiger partial charge on any atom is -0.385 e. The SMILES string of the molecule is Cn1cccc1[C@@H](O)CNC(=O)Nc1cccc(C(F)(F)F)c1. The number of aliphatic hydroxyl groups is 1. The number of hydrogen-bond donors (Lipinski definition) is 3. The van der Waals surface area contributed by atoms with Crippen molar-refractivity contribution in [2.45, 2.75) is 12.3 Å². The molecule has 0 saturated carbocycles. The Kier molecular flexibility index (Phi) is 4.95. The number of nitrogens with zero attached hydrogens (tertiary/aromatic N) is 1. The number of carbonyl (C=O) groups is 1. The molecule has 0 unspecified atom stereocenters. The van der Waals surface area contributed by atoms with E-state index in [1.54, 1.807) is 29.9 Å². The van der Waals surface area contributed by atoms with Crippen molar-refractivity contribution in [1.82, 2.24) is 9.88 Å². The van der Waals surface area contributed by atoms with Gasteiger partial charge in [-0.1, -0.05) is 6.07 Å². The minimum absolute atomic E-state index is 0.0191. The Morgan fingerprint density at radius 1 is 1.30 bits per heavy atom. The molecule has 0 spiro atoms. The van der Waals surface area contributed by atoms with Crippen LogP contribution < -0.4 is 10.6 Å². The molecule has 0 bridgehead atoms. The number of urea groups is 1. The van der Waals surface area contributed by atoms with Gasteiger partial charge in [-0.15, -0.1) is 0 Å². The van der Waals surface area contributed by atoms with Gasteiger partial charge in [-0.05, 0) is 30.3 Å². The molecule has 2 aromatic rings. The maximum absolute atomic E-state index is 12.6. The maximum Gasteiger partial charge on any atom is 0.416 e. The number of amides is 2. The van der Waals surface area contributed by atoms with Crippen LogP contribution in [0.15, 0.2) is 42.6 Å². The van der Waals surface area contributed by atoms with Crippen molar-refractivity contribution < 1.29 is 23.1 Å². The lowest BCUT2D eigenvalue weighted by Crippen LogP contribution is -2.32. The average molecular weight is 327 g/mol. The average Bonchev–Trinajstić information content (AvgIpc) is 2.90. The molecule has 1 aromatic heterocycles. The number of aliphatic hydroxyl groups excluding tert-OH is 1. The number of carbonyl (C=O) groups excluding carboxylic acids is 1. The highest BCUT2D eigenvalue weighted by Crippen LogP contribution is 2.30. The Morgan fingerprint density at radius 3 is 2.65 bits per heavy atom. The first-order chi connectivity index (χ1) is 10.8. The van der Waals surface area contributed by atoms with Crippen LogP contribution in [0.25, 0.3) is 0 Å². The fourth-order valence-electron chi connectivity index (χ4n) is 2.06. The standard InChI is InChI=1S/C15H16F3N3O2/c1-21-7-3-6-12(21)13(22)9-19-14(23)20-11-5-2-4-10(8-11)15(16,17)18/h2-8,13,22H,9H2,1H3,(H2,19,20,23)/t13-/m0/s1. The first-order valence-corrected chi connectivity index (χ1v) is 6.79. The second-order valence-corrected chi connectivity index (χ2v) is 4.97. The number of alkyl halides is 3. The van der Waals surface area contributed by atoms with E-state index in [-0.39, 0.29) is 12.2 Å². The van der Waals surface area contributed by atoms with Gasteiger partial charge in [0.1, 0.15) is 6.10 Å². The van der Waals surface area contributed by atoms with Gasteiger partial charge in [0.15, 0.2) is 0 Å². The molecule has 3 N–H and O–H groups in total. The molecule has 0 saturated heterocycles. The summed E-state index contributed by atoms with van der Waals surface area (Å²) in [6.07, 6.45) is -3.64. The number of aromatic nitrogens is 1. The summed E-state index contributed by atoms with van der Waals surface area (Å²) in [7, 11) is 1.75. The zero-order valence-corrected chi connectivity index (χ0v) is 12.3. The lowest BCUT2D eigenvalue weighted by Gasteiger charge is -2.14. The van der Waals surface area contributed by atoms with Gasteiger partial charge >= 0.3 is 12.2 Å². The first kappa shape index (κ1) is 16.9. The predicted molar refractivity (Wildman–Crippen MR) is 78.8 cm³/mol. The molecule has 8 heteroatoms. The van der Waals surface area contributed by atoms with Gasteiger partial charge in [0.25, 0.3) is 0 Å². The van der Waals surface area contributed by atoms with E-state index in [4.69, 9.17) is 0 Å². The Bertz CT molecular complexity index is 683. The molecular formula is C15H16F3N3O2. The topological polar surface area (TPSA) is 66.3 Å². The van der Waals surface area contributed by atoms with Crippen molar-refractivity contribution in [3.8, 4) is 0 Å². The summed E-state index contributed by atoms with van der Waals surface area (Å²) in [6.45, 7) is -0.0668. The van der Waals surface area contributed by atoms with Crippen molar-refractivity contribution in [1.29, 1.82) is 0 Å². The van der Waals surface area contributed by atoms with E-state index < -0.39 is 23.9 Å². The highest BCUT2D eigenvalue weighted by atomic mass is 19.4. The lowest BCUT2D eigenvalue weighted by atomic mass is 10.2. The number of halogens is 3. The van der Waals surface area contributed by atoms with E-state index in [9.17, 15) is 23.1 Å². The number of benzene rings is 1. The summed E-state index contributed by atoms with van der Waals surface area (Å²) in [4.78, 5) is 11.7. The van der Waals surface area contributed by atoms with Gasteiger partial charge in [-0.25, -0.2) is 4.79 Å². The van der Waals surface area contributed by atoms with Crippen LogP contribution in [0.4, 0.5) is 23.7 Å². The van der Waals surface area contributed by atoms with Gasteiger partial charge < -0.3 is 20.3 Å². The molecule has 23 heavy (non-hydrogen) atoms. The van der Waals surface area contributed by atoms with Gasteiger partial charge in [0, 0.05) is 24.6 Å². The summed E-state index contributed by atoms with van der Waals surface area (Å²) < 4.78 is 39.5. The van der Waals surface area contributed by atoms with Crippen molar-refractivity contribution in [3.63, 3.8) is 0 Å². The number of anilines is 1. The third-order valence-corrected chi connectivity index (χ3v) is 3.23. The van der Waals surface area contributed by atoms with Crippen LogP contribution in [-0.4, -0.2) is 22.2 Å². The monoisotopic (exact) mass is 327 g/mol. The van der Waals surface area contributed by atoms with Crippen LogP contribution >= 0.6 is 0 Å². The van der Waals surface area contributed by atoms with Gasteiger partial charge in [0.2, 0.25) is 0 Å². The van der Waals surface area contributed by atoms with Crippen LogP contribution in [0, 0.1) is 0 Å². The van der Waals surface area contributed by atoms with Crippen molar-refractivity contribution >= 4 is 11.7 Å². The molecular weight excluding hydrogens is 311 g/mol. The summed E-state index contributed by atoms with van der Waals surface area (Å²) in [5.74, 6) is 0. The molecule has 1 atom stereocenters. The van der Waals surface area contributed by atoms with Gasteiger partial charge in [0.05, 0.1) is 12.1 Å². The zero-order chi connectivity index (χ0) is 17.0. The smallest absolute Gasteiger partial charge is 0.385 e. The third kappa shape index (κ3) is 4.49. The van der Waals surface area contributed by atoms with E-state index >= 15 is 0 Å².